The third kappa shape index (κ3) is 5.98. The standard InChI is InChI=1S/C16H27NOS/c1-5-17-14(12-18)10-11-19-15-8-6-13(7-9-15)16(2,3)4/h6-9,14,17-18H,5,10-12H2,1-4H3. The molecule has 1 atom stereocenters. The maximum Gasteiger partial charge on any atom is 0.0584 e. The summed E-state index contributed by atoms with van der Waals surface area (Å²) in [5.74, 6) is 1.03. The minimum absolute atomic E-state index is 0.218. The fourth-order valence-corrected chi connectivity index (χ4v) is 2.88. The van der Waals surface area contributed by atoms with Crippen LogP contribution in [0, 0.1) is 0 Å². The van der Waals surface area contributed by atoms with Gasteiger partial charge in [-0.15, -0.1) is 11.8 Å². The van der Waals surface area contributed by atoms with Gasteiger partial charge in [-0.1, -0.05) is 39.8 Å². The molecule has 19 heavy (non-hydrogen) atoms. The number of hydrogen-bond acceptors (Lipinski definition) is 3. The second-order valence-electron chi connectivity index (χ2n) is 5.85. The molecule has 3 heteroatoms. The highest BCUT2D eigenvalue weighted by Gasteiger charge is 2.13. The van der Waals surface area contributed by atoms with Gasteiger partial charge in [-0.05, 0) is 41.8 Å². The summed E-state index contributed by atoms with van der Waals surface area (Å²) < 4.78 is 0. The van der Waals surface area contributed by atoms with E-state index in [2.05, 4.69) is 57.3 Å². The minimum Gasteiger partial charge on any atom is -0.395 e. The molecule has 108 valence electrons. The molecule has 0 saturated carbocycles. The molecule has 0 spiro atoms. The molecule has 2 nitrogen and oxygen atoms in total. The monoisotopic (exact) mass is 281 g/mol. The predicted molar refractivity (Wildman–Crippen MR) is 85.0 cm³/mol. The van der Waals surface area contributed by atoms with E-state index in [1.165, 1.54) is 10.5 Å². The van der Waals surface area contributed by atoms with Crippen molar-refractivity contribution in [1.82, 2.24) is 5.32 Å². The molecule has 0 aliphatic rings. The number of aliphatic hydroxyl groups excluding tert-OH is 1. The smallest absolute Gasteiger partial charge is 0.0584 e. The summed E-state index contributed by atoms with van der Waals surface area (Å²) in [6.07, 6.45) is 0.996. The Morgan fingerprint density at radius 2 is 1.84 bits per heavy atom. The lowest BCUT2D eigenvalue weighted by atomic mass is 9.87. The largest absolute Gasteiger partial charge is 0.395 e. The zero-order valence-electron chi connectivity index (χ0n) is 12.6. The van der Waals surface area contributed by atoms with Gasteiger partial charge < -0.3 is 10.4 Å². The molecule has 0 aliphatic carbocycles. The number of likely N-dealkylation sites (N-methyl/N-ethyl adjacent to an activating group) is 1. The van der Waals surface area contributed by atoms with E-state index < -0.39 is 0 Å². The van der Waals surface area contributed by atoms with Crippen molar-refractivity contribution in [3.63, 3.8) is 0 Å². The lowest BCUT2D eigenvalue weighted by molar-refractivity contribution is 0.242. The van der Waals surface area contributed by atoms with Crippen molar-refractivity contribution in [3.05, 3.63) is 29.8 Å². The Hall–Kier alpha value is -0.510. The summed E-state index contributed by atoms with van der Waals surface area (Å²) >= 11 is 1.86. The van der Waals surface area contributed by atoms with Gasteiger partial charge >= 0.3 is 0 Å². The van der Waals surface area contributed by atoms with Crippen LogP contribution < -0.4 is 5.32 Å². The van der Waals surface area contributed by atoms with E-state index in [0.717, 1.165) is 18.7 Å². The van der Waals surface area contributed by atoms with Crippen LogP contribution in [0.1, 0.15) is 39.7 Å². The molecule has 0 radical (unpaired) electrons. The predicted octanol–water partition coefficient (Wildman–Crippen LogP) is 3.44. The van der Waals surface area contributed by atoms with Gasteiger partial charge in [-0.3, -0.25) is 0 Å². The second kappa shape index (κ2) is 7.93. The molecule has 0 aromatic heterocycles. The molecule has 1 aromatic carbocycles. The lowest BCUT2D eigenvalue weighted by Crippen LogP contribution is -2.32. The van der Waals surface area contributed by atoms with Crippen LogP contribution in [0.4, 0.5) is 0 Å². The zero-order chi connectivity index (χ0) is 14.3. The first-order valence-corrected chi connectivity index (χ1v) is 8.03. The summed E-state index contributed by atoms with van der Waals surface area (Å²) in [5.41, 5.74) is 1.59. The Bertz CT molecular complexity index is 356. The Kier molecular flexibility index (Phi) is 6.90. The quantitative estimate of drug-likeness (QED) is 0.751. The van der Waals surface area contributed by atoms with Gasteiger partial charge in [-0.25, -0.2) is 0 Å². The highest BCUT2D eigenvalue weighted by atomic mass is 32.2. The zero-order valence-corrected chi connectivity index (χ0v) is 13.4. The van der Waals surface area contributed by atoms with Gasteiger partial charge in [0.1, 0.15) is 0 Å². The summed E-state index contributed by atoms with van der Waals surface area (Å²) in [7, 11) is 0. The third-order valence-electron chi connectivity index (χ3n) is 3.17. The van der Waals surface area contributed by atoms with Crippen molar-refractivity contribution in [3.8, 4) is 0 Å². The maximum absolute atomic E-state index is 9.21. The average molecular weight is 281 g/mol. The van der Waals surface area contributed by atoms with Gasteiger partial charge in [0.2, 0.25) is 0 Å². The van der Waals surface area contributed by atoms with Crippen LogP contribution in [0.2, 0.25) is 0 Å². The molecule has 0 aliphatic heterocycles. The number of benzene rings is 1. The van der Waals surface area contributed by atoms with Crippen LogP contribution in [0.3, 0.4) is 0 Å². The van der Waals surface area contributed by atoms with Crippen LogP contribution >= 0.6 is 11.8 Å². The number of nitrogens with one attached hydrogen (secondary N) is 1. The van der Waals surface area contributed by atoms with E-state index in [9.17, 15) is 5.11 Å². The molecule has 0 amide bonds. The van der Waals surface area contributed by atoms with E-state index in [4.69, 9.17) is 0 Å². The van der Waals surface area contributed by atoms with Crippen LogP contribution in [-0.2, 0) is 5.41 Å². The Labute approximate surface area is 122 Å². The van der Waals surface area contributed by atoms with Gasteiger partial charge in [-0.2, -0.15) is 0 Å². The molecule has 1 aromatic rings. The van der Waals surface area contributed by atoms with Gasteiger partial charge in [0.15, 0.2) is 0 Å². The lowest BCUT2D eigenvalue weighted by Gasteiger charge is -2.19. The van der Waals surface area contributed by atoms with Gasteiger partial charge in [0, 0.05) is 10.9 Å². The first-order valence-electron chi connectivity index (χ1n) is 7.05. The fraction of sp³-hybridized carbons (Fsp3) is 0.625. The summed E-state index contributed by atoms with van der Waals surface area (Å²) in [6.45, 7) is 9.90. The molecule has 1 unspecified atom stereocenters. The van der Waals surface area contributed by atoms with Crippen molar-refractivity contribution >= 4 is 11.8 Å². The first kappa shape index (κ1) is 16.5. The van der Waals surface area contributed by atoms with Crippen molar-refractivity contribution in [1.29, 1.82) is 0 Å². The van der Waals surface area contributed by atoms with Crippen molar-refractivity contribution in [2.45, 2.75) is 50.5 Å². The first-order chi connectivity index (χ1) is 8.97. The summed E-state index contributed by atoms with van der Waals surface area (Å²) in [6, 6.07) is 9.07. The van der Waals surface area contributed by atoms with Crippen LogP contribution in [0.25, 0.3) is 0 Å². The fourth-order valence-electron chi connectivity index (χ4n) is 1.92. The molecule has 1 rings (SSSR count). The molecule has 2 N–H and O–H groups in total. The number of thioether (sulfide) groups is 1. The molecule has 0 saturated heterocycles. The third-order valence-corrected chi connectivity index (χ3v) is 4.21. The Morgan fingerprint density at radius 3 is 2.32 bits per heavy atom. The Morgan fingerprint density at radius 1 is 1.21 bits per heavy atom. The number of rotatable bonds is 7. The SMILES string of the molecule is CCNC(CO)CCSc1ccc(C(C)(C)C)cc1. The Balaban J connectivity index is 2.42. The van der Waals surface area contributed by atoms with Crippen LogP contribution in [-0.4, -0.2) is 30.1 Å². The normalized spacial score (nSPS) is 13.5. The highest BCUT2D eigenvalue weighted by Crippen LogP contribution is 2.26. The van der Waals surface area contributed by atoms with Crippen LogP contribution in [0.15, 0.2) is 29.2 Å². The number of hydrogen-bond donors (Lipinski definition) is 2. The molecular formula is C16H27NOS. The molecular weight excluding hydrogens is 254 g/mol. The van der Waals surface area contributed by atoms with E-state index in [0.29, 0.717) is 0 Å². The van der Waals surface area contributed by atoms with E-state index in [1.807, 2.05) is 11.8 Å². The van der Waals surface area contributed by atoms with Crippen LogP contribution in [0.5, 0.6) is 0 Å². The van der Waals surface area contributed by atoms with Gasteiger partial charge in [0.05, 0.1) is 6.61 Å². The molecule has 0 heterocycles. The maximum atomic E-state index is 9.21. The number of aliphatic hydroxyl groups is 1. The summed E-state index contributed by atoms with van der Waals surface area (Å²) in [5, 5.41) is 12.5. The molecule has 0 fully saturated rings. The van der Waals surface area contributed by atoms with Crippen molar-refractivity contribution in [2.75, 3.05) is 18.9 Å². The topological polar surface area (TPSA) is 32.3 Å². The highest BCUT2D eigenvalue weighted by molar-refractivity contribution is 7.99. The van der Waals surface area contributed by atoms with E-state index in [1.54, 1.807) is 0 Å². The minimum atomic E-state index is 0.218. The van der Waals surface area contributed by atoms with Crippen molar-refractivity contribution in [2.24, 2.45) is 0 Å². The van der Waals surface area contributed by atoms with Gasteiger partial charge in [0.25, 0.3) is 0 Å². The van der Waals surface area contributed by atoms with E-state index >= 15 is 0 Å². The van der Waals surface area contributed by atoms with E-state index in [-0.39, 0.29) is 18.1 Å². The average Bonchev–Trinajstić information content (AvgIpc) is 2.37. The summed E-state index contributed by atoms with van der Waals surface area (Å²) in [4.78, 5) is 1.31. The van der Waals surface area contributed by atoms with Crippen molar-refractivity contribution < 1.29 is 5.11 Å². The second-order valence-corrected chi connectivity index (χ2v) is 7.02. The molecule has 0 bridgehead atoms.